The van der Waals surface area contributed by atoms with Crippen molar-refractivity contribution in [2.24, 2.45) is 0 Å². The van der Waals surface area contributed by atoms with Crippen LogP contribution in [-0.4, -0.2) is 28.9 Å². The molecule has 1 aromatic heterocycles. The number of amides is 1. The van der Waals surface area contributed by atoms with Gasteiger partial charge in [0.05, 0.1) is 30.6 Å². The number of ether oxygens (including phenoxy) is 1. The minimum atomic E-state index is -0.826. The molecule has 1 fully saturated rings. The highest BCUT2D eigenvalue weighted by Gasteiger charge is 2.47. The Morgan fingerprint density at radius 3 is 2.53 bits per heavy atom. The average Bonchev–Trinajstić information content (AvgIpc) is 3.05. The van der Waals surface area contributed by atoms with E-state index in [4.69, 9.17) is 4.74 Å². The van der Waals surface area contributed by atoms with Crippen LogP contribution in [-0.2, 0) is 9.59 Å². The maximum Gasteiger partial charge on any atom is 0.300 e. The van der Waals surface area contributed by atoms with Crippen LogP contribution in [0.3, 0.4) is 0 Å². The van der Waals surface area contributed by atoms with Crippen LogP contribution in [0.4, 0.5) is 5.69 Å². The number of carbonyl (C=O) groups excluding carboxylic acids is 2. The Labute approximate surface area is 181 Å². The van der Waals surface area contributed by atoms with Crippen molar-refractivity contribution >= 4 is 39.1 Å². The van der Waals surface area contributed by atoms with Crippen molar-refractivity contribution in [2.45, 2.75) is 6.04 Å². The van der Waals surface area contributed by atoms with Crippen LogP contribution in [0.2, 0.25) is 0 Å². The number of anilines is 1. The maximum absolute atomic E-state index is 13.0. The Morgan fingerprint density at radius 1 is 1.10 bits per heavy atom. The third-order valence-corrected chi connectivity index (χ3v) is 5.42. The molecule has 0 aliphatic carbocycles. The summed E-state index contributed by atoms with van der Waals surface area (Å²) in [5.41, 5.74) is 1.55. The lowest BCUT2D eigenvalue weighted by Crippen LogP contribution is -2.29. The molecule has 2 heterocycles. The Bertz CT molecular complexity index is 1140. The van der Waals surface area contributed by atoms with E-state index < -0.39 is 17.7 Å². The number of aliphatic hydroxyl groups is 1. The molecular formula is C23H17BrN2O4. The molecule has 1 unspecified atom stereocenters. The van der Waals surface area contributed by atoms with Gasteiger partial charge in [0.25, 0.3) is 11.7 Å². The number of hydrogen-bond acceptors (Lipinski definition) is 5. The van der Waals surface area contributed by atoms with Crippen LogP contribution in [0, 0.1) is 0 Å². The molecule has 3 aromatic rings. The number of aromatic nitrogens is 1. The monoisotopic (exact) mass is 464 g/mol. The summed E-state index contributed by atoms with van der Waals surface area (Å²) in [6.07, 6.45) is 3.10. The van der Waals surface area contributed by atoms with Gasteiger partial charge < -0.3 is 9.84 Å². The van der Waals surface area contributed by atoms with Crippen LogP contribution in [0.1, 0.15) is 17.2 Å². The van der Waals surface area contributed by atoms with Gasteiger partial charge in [0, 0.05) is 16.2 Å². The second kappa shape index (κ2) is 8.12. The Balaban J connectivity index is 1.95. The highest BCUT2D eigenvalue weighted by atomic mass is 79.9. The molecule has 1 saturated heterocycles. The van der Waals surface area contributed by atoms with Crippen molar-refractivity contribution in [1.29, 1.82) is 0 Å². The summed E-state index contributed by atoms with van der Waals surface area (Å²) in [6, 6.07) is 16.5. The third-order valence-electron chi connectivity index (χ3n) is 4.90. The van der Waals surface area contributed by atoms with Crippen LogP contribution in [0.5, 0.6) is 5.75 Å². The molecule has 1 N–H and O–H groups in total. The molecule has 0 bridgehead atoms. The fourth-order valence-corrected chi connectivity index (χ4v) is 3.75. The zero-order chi connectivity index (χ0) is 21.3. The minimum absolute atomic E-state index is 0.0134. The number of hydrogen-bond donors (Lipinski definition) is 1. The Morgan fingerprint density at radius 2 is 1.87 bits per heavy atom. The first-order chi connectivity index (χ1) is 14.5. The van der Waals surface area contributed by atoms with Gasteiger partial charge in [-0.3, -0.25) is 19.5 Å². The molecule has 7 heteroatoms. The molecule has 0 radical (unpaired) electrons. The predicted molar refractivity (Wildman–Crippen MR) is 116 cm³/mol. The number of nitrogens with zero attached hydrogens (tertiary/aromatic N) is 2. The summed E-state index contributed by atoms with van der Waals surface area (Å²) < 4.78 is 6.15. The molecule has 0 saturated carbocycles. The van der Waals surface area contributed by atoms with Gasteiger partial charge in [-0.1, -0.05) is 40.2 Å². The van der Waals surface area contributed by atoms with E-state index in [0.717, 1.165) is 4.47 Å². The normalized spacial score (nSPS) is 17.9. The Hall–Kier alpha value is -3.45. The lowest BCUT2D eigenvalue weighted by atomic mass is 9.95. The van der Waals surface area contributed by atoms with Crippen LogP contribution >= 0.6 is 15.9 Å². The Kier molecular flexibility index (Phi) is 5.37. The van der Waals surface area contributed by atoms with E-state index in [1.165, 1.54) is 11.1 Å². The number of ketones is 1. The summed E-state index contributed by atoms with van der Waals surface area (Å²) in [5, 5.41) is 11.0. The van der Waals surface area contributed by atoms with Gasteiger partial charge in [0.15, 0.2) is 0 Å². The summed E-state index contributed by atoms with van der Waals surface area (Å²) in [7, 11) is 1.54. The van der Waals surface area contributed by atoms with Gasteiger partial charge >= 0.3 is 0 Å². The van der Waals surface area contributed by atoms with Gasteiger partial charge in [-0.25, -0.2) is 0 Å². The number of carbonyl (C=O) groups is 2. The van der Waals surface area contributed by atoms with Crippen LogP contribution in [0.25, 0.3) is 5.76 Å². The van der Waals surface area contributed by atoms with E-state index in [2.05, 4.69) is 20.9 Å². The first-order valence-electron chi connectivity index (χ1n) is 9.12. The summed E-state index contributed by atoms with van der Waals surface area (Å²) in [4.78, 5) is 31.5. The molecule has 1 aliphatic rings. The van der Waals surface area contributed by atoms with E-state index in [-0.39, 0.29) is 11.3 Å². The summed E-state index contributed by atoms with van der Waals surface area (Å²) in [5.74, 6) is -1.14. The minimum Gasteiger partial charge on any atom is -0.507 e. The molecule has 6 nitrogen and oxygen atoms in total. The second-order valence-electron chi connectivity index (χ2n) is 6.66. The van der Waals surface area contributed by atoms with Crippen molar-refractivity contribution in [3.63, 3.8) is 0 Å². The standard InChI is InChI=1S/C23H17BrN2O4/c1-30-18-6-2-4-15(12-18)20-19(21(27)14-7-9-16(24)10-8-14)22(28)23(29)26(20)17-5-3-11-25-13-17/h2-13,20,27H,1H3/b21-19-. The number of rotatable bonds is 4. The average molecular weight is 465 g/mol. The lowest BCUT2D eigenvalue weighted by molar-refractivity contribution is -0.132. The fraction of sp³-hybridized carbons (Fsp3) is 0.0870. The largest absolute Gasteiger partial charge is 0.507 e. The summed E-state index contributed by atoms with van der Waals surface area (Å²) in [6.45, 7) is 0. The van der Waals surface area contributed by atoms with Gasteiger partial charge in [-0.15, -0.1) is 0 Å². The molecule has 2 aromatic carbocycles. The molecule has 150 valence electrons. The van der Waals surface area contributed by atoms with E-state index in [1.54, 1.807) is 74.0 Å². The highest BCUT2D eigenvalue weighted by molar-refractivity contribution is 9.10. The van der Waals surface area contributed by atoms with Crippen molar-refractivity contribution in [3.05, 3.63) is 94.2 Å². The van der Waals surface area contributed by atoms with Crippen molar-refractivity contribution in [3.8, 4) is 5.75 Å². The number of pyridine rings is 1. The second-order valence-corrected chi connectivity index (χ2v) is 7.58. The number of benzene rings is 2. The molecule has 1 aliphatic heterocycles. The van der Waals surface area contributed by atoms with E-state index in [1.807, 2.05) is 0 Å². The van der Waals surface area contributed by atoms with Crippen molar-refractivity contribution in [2.75, 3.05) is 12.0 Å². The lowest BCUT2D eigenvalue weighted by Gasteiger charge is -2.25. The van der Waals surface area contributed by atoms with Gasteiger partial charge in [-0.05, 0) is 42.0 Å². The molecule has 1 atom stereocenters. The maximum atomic E-state index is 13.0. The van der Waals surface area contributed by atoms with E-state index in [9.17, 15) is 14.7 Å². The van der Waals surface area contributed by atoms with E-state index >= 15 is 0 Å². The number of Topliss-reactive ketones (excluding diaryl/α,β-unsaturated/α-hetero) is 1. The number of methoxy groups -OCH3 is 1. The zero-order valence-electron chi connectivity index (χ0n) is 15.9. The van der Waals surface area contributed by atoms with Crippen molar-refractivity contribution < 1.29 is 19.4 Å². The first kappa shape index (κ1) is 19.8. The third kappa shape index (κ3) is 3.48. The molecule has 4 rings (SSSR count). The zero-order valence-corrected chi connectivity index (χ0v) is 17.5. The summed E-state index contributed by atoms with van der Waals surface area (Å²) >= 11 is 3.36. The molecule has 1 amide bonds. The molecular weight excluding hydrogens is 448 g/mol. The number of halogens is 1. The SMILES string of the molecule is COc1cccc(C2/C(=C(/O)c3ccc(Br)cc3)C(=O)C(=O)N2c2cccnc2)c1. The van der Waals surface area contributed by atoms with Gasteiger partial charge in [0.1, 0.15) is 11.5 Å². The molecule has 30 heavy (non-hydrogen) atoms. The van der Waals surface area contributed by atoms with Gasteiger partial charge in [0.2, 0.25) is 0 Å². The van der Waals surface area contributed by atoms with Crippen molar-refractivity contribution in [1.82, 2.24) is 4.98 Å². The van der Waals surface area contributed by atoms with Gasteiger partial charge in [-0.2, -0.15) is 0 Å². The smallest absolute Gasteiger partial charge is 0.300 e. The quantitative estimate of drug-likeness (QED) is 0.349. The van der Waals surface area contributed by atoms with Crippen LogP contribution in [0.15, 0.2) is 83.1 Å². The highest BCUT2D eigenvalue weighted by Crippen LogP contribution is 2.42. The molecule has 0 spiro atoms. The number of aliphatic hydroxyl groups excluding tert-OH is 1. The predicted octanol–water partition coefficient (Wildman–Crippen LogP) is 4.48. The van der Waals surface area contributed by atoms with Crippen LogP contribution < -0.4 is 9.64 Å². The topological polar surface area (TPSA) is 79.7 Å². The fourth-order valence-electron chi connectivity index (χ4n) is 3.49. The van der Waals surface area contributed by atoms with E-state index in [0.29, 0.717) is 22.6 Å². The first-order valence-corrected chi connectivity index (χ1v) is 9.91.